The Bertz CT molecular complexity index is 408. The molecule has 0 spiro atoms. The summed E-state index contributed by atoms with van der Waals surface area (Å²) in [5.41, 5.74) is 1.23. The van der Waals surface area contributed by atoms with E-state index in [9.17, 15) is 4.79 Å². The van der Waals surface area contributed by atoms with E-state index in [1.807, 2.05) is 31.2 Å². The van der Waals surface area contributed by atoms with Gasteiger partial charge in [-0.3, -0.25) is 0 Å². The van der Waals surface area contributed by atoms with Gasteiger partial charge < -0.3 is 14.4 Å². The Morgan fingerprint density at radius 3 is 2.47 bits per heavy atom. The second-order valence-corrected chi connectivity index (χ2v) is 4.82. The lowest BCUT2D eigenvalue weighted by atomic mass is 10.1. The standard InChI is InChI=1S/C15H21NO3/c1-3-18-15(17)16-10-8-14(9-11-16)19-13-6-4-12(2)5-7-13/h4-7,14H,3,8-11H2,1-2H3. The fourth-order valence-electron chi connectivity index (χ4n) is 2.18. The fourth-order valence-corrected chi connectivity index (χ4v) is 2.18. The molecule has 1 aromatic rings. The van der Waals surface area contributed by atoms with Crippen LogP contribution in [-0.2, 0) is 4.74 Å². The summed E-state index contributed by atoms with van der Waals surface area (Å²) in [6.07, 6.45) is 1.68. The number of benzene rings is 1. The lowest BCUT2D eigenvalue weighted by Gasteiger charge is -2.31. The van der Waals surface area contributed by atoms with Gasteiger partial charge in [-0.2, -0.15) is 0 Å². The van der Waals surface area contributed by atoms with Gasteiger partial charge in [0.15, 0.2) is 0 Å². The Morgan fingerprint density at radius 2 is 1.89 bits per heavy atom. The molecule has 0 unspecified atom stereocenters. The van der Waals surface area contributed by atoms with Crippen LogP contribution in [0.3, 0.4) is 0 Å². The van der Waals surface area contributed by atoms with E-state index in [1.165, 1.54) is 5.56 Å². The van der Waals surface area contributed by atoms with E-state index >= 15 is 0 Å². The normalized spacial score (nSPS) is 16.2. The Balaban J connectivity index is 1.80. The molecular weight excluding hydrogens is 242 g/mol. The second kappa shape index (κ2) is 6.45. The molecule has 1 aliphatic heterocycles. The van der Waals surface area contributed by atoms with Crippen LogP contribution in [0.5, 0.6) is 5.75 Å². The number of amides is 1. The number of nitrogens with zero attached hydrogens (tertiary/aromatic N) is 1. The summed E-state index contributed by atoms with van der Waals surface area (Å²) >= 11 is 0. The Labute approximate surface area is 114 Å². The van der Waals surface area contributed by atoms with Crippen LogP contribution in [0.25, 0.3) is 0 Å². The molecule has 1 aromatic carbocycles. The molecule has 1 aliphatic rings. The first kappa shape index (κ1) is 13.7. The number of carbonyl (C=O) groups excluding carboxylic acids is 1. The van der Waals surface area contributed by atoms with Crippen molar-refractivity contribution in [2.24, 2.45) is 0 Å². The third-order valence-electron chi connectivity index (χ3n) is 3.29. The van der Waals surface area contributed by atoms with Crippen molar-refractivity contribution in [1.82, 2.24) is 4.90 Å². The van der Waals surface area contributed by atoms with E-state index in [0.29, 0.717) is 19.7 Å². The first-order valence-corrected chi connectivity index (χ1v) is 6.84. The highest BCUT2D eigenvalue weighted by Crippen LogP contribution is 2.19. The maximum atomic E-state index is 11.6. The second-order valence-electron chi connectivity index (χ2n) is 4.82. The number of rotatable bonds is 3. The predicted molar refractivity (Wildman–Crippen MR) is 73.4 cm³/mol. The van der Waals surface area contributed by atoms with Gasteiger partial charge >= 0.3 is 6.09 Å². The van der Waals surface area contributed by atoms with E-state index in [1.54, 1.807) is 4.90 Å². The molecule has 0 atom stereocenters. The molecule has 1 amide bonds. The van der Waals surface area contributed by atoms with Gasteiger partial charge in [-0.25, -0.2) is 4.79 Å². The molecule has 4 nitrogen and oxygen atoms in total. The molecule has 0 saturated carbocycles. The van der Waals surface area contributed by atoms with Crippen molar-refractivity contribution in [3.05, 3.63) is 29.8 Å². The molecule has 0 aromatic heterocycles. The summed E-state index contributed by atoms with van der Waals surface area (Å²) in [7, 11) is 0. The fraction of sp³-hybridized carbons (Fsp3) is 0.533. The van der Waals surface area contributed by atoms with Crippen LogP contribution < -0.4 is 4.74 Å². The minimum Gasteiger partial charge on any atom is -0.490 e. The van der Waals surface area contributed by atoms with Crippen LogP contribution >= 0.6 is 0 Å². The summed E-state index contributed by atoms with van der Waals surface area (Å²) in [6, 6.07) is 8.08. The van der Waals surface area contributed by atoms with E-state index in [0.717, 1.165) is 18.6 Å². The van der Waals surface area contributed by atoms with Crippen molar-refractivity contribution in [3.63, 3.8) is 0 Å². The number of hydrogen-bond donors (Lipinski definition) is 0. The van der Waals surface area contributed by atoms with Gasteiger partial charge in [0, 0.05) is 25.9 Å². The van der Waals surface area contributed by atoms with Crippen molar-refractivity contribution in [3.8, 4) is 5.75 Å². The highest BCUT2D eigenvalue weighted by molar-refractivity contribution is 5.67. The smallest absolute Gasteiger partial charge is 0.409 e. The van der Waals surface area contributed by atoms with Crippen molar-refractivity contribution in [1.29, 1.82) is 0 Å². The van der Waals surface area contributed by atoms with Gasteiger partial charge in [0.05, 0.1) is 6.61 Å². The van der Waals surface area contributed by atoms with Crippen LogP contribution in [0.2, 0.25) is 0 Å². The van der Waals surface area contributed by atoms with Crippen molar-refractivity contribution < 1.29 is 14.3 Å². The topological polar surface area (TPSA) is 38.8 Å². The summed E-state index contributed by atoms with van der Waals surface area (Å²) in [5, 5.41) is 0. The molecule has 2 rings (SSSR count). The van der Waals surface area contributed by atoms with Crippen LogP contribution in [0.4, 0.5) is 4.79 Å². The van der Waals surface area contributed by atoms with E-state index in [-0.39, 0.29) is 12.2 Å². The molecule has 1 saturated heterocycles. The molecule has 0 N–H and O–H groups in total. The third kappa shape index (κ3) is 3.88. The van der Waals surface area contributed by atoms with E-state index in [2.05, 4.69) is 6.92 Å². The molecular formula is C15H21NO3. The minimum absolute atomic E-state index is 0.188. The zero-order valence-corrected chi connectivity index (χ0v) is 11.6. The number of ether oxygens (including phenoxy) is 2. The van der Waals surface area contributed by atoms with Gasteiger partial charge in [0.25, 0.3) is 0 Å². The van der Waals surface area contributed by atoms with Crippen molar-refractivity contribution in [2.45, 2.75) is 32.8 Å². The van der Waals surface area contributed by atoms with Crippen LogP contribution in [0.15, 0.2) is 24.3 Å². The molecule has 0 radical (unpaired) electrons. The average Bonchev–Trinajstić information content (AvgIpc) is 2.42. The van der Waals surface area contributed by atoms with Crippen LogP contribution in [0, 0.1) is 6.92 Å². The molecule has 104 valence electrons. The average molecular weight is 263 g/mol. The minimum atomic E-state index is -0.212. The molecule has 4 heteroatoms. The molecule has 19 heavy (non-hydrogen) atoms. The van der Waals surface area contributed by atoms with Crippen molar-refractivity contribution >= 4 is 6.09 Å². The SMILES string of the molecule is CCOC(=O)N1CCC(Oc2ccc(C)cc2)CC1. The summed E-state index contributed by atoms with van der Waals surface area (Å²) in [6.45, 7) is 5.72. The lowest BCUT2D eigenvalue weighted by molar-refractivity contribution is 0.0703. The number of carbonyl (C=O) groups is 1. The molecule has 0 aliphatic carbocycles. The maximum absolute atomic E-state index is 11.6. The quantitative estimate of drug-likeness (QED) is 0.841. The first-order chi connectivity index (χ1) is 9.19. The summed E-state index contributed by atoms with van der Waals surface area (Å²) < 4.78 is 10.9. The third-order valence-corrected chi connectivity index (χ3v) is 3.29. The number of piperidine rings is 1. The monoisotopic (exact) mass is 263 g/mol. The molecule has 1 heterocycles. The molecule has 1 fully saturated rings. The lowest BCUT2D eigenvalue weighted by Crippen LogP contribution is -2.42. The Kier molecular flexibility index (Phi) is 4.66. The highest BCUT2D eigenvalue weighted by Gasteiger charge is 2.24. The van der Waals surface area contributed by atoms with Crippen LogP contribution in [0.1, 0.15) is 25.3 Å². The maximum Gasteiger partial charge on any atom is 0.409 e. The number of aryl methyl sites for hydroxylation is 1. The predicted octanol–water partition coefficient (Wildman–Crippen LogP) is 2.99. The van der Waals surface area contributed by atoms with Gasteiger partial charge in [-0.05, 0) is 26.0 Å². The van der Waals surface area contributed by atoms with Gasteiger partial charge in [-0.15, -0.1) is 0 Å². The number of likely N-dealkylation sites (tertiary alicyclic amines) is 1. The van der Waals surface area contributed by atoms with Gasteiger partial charge in [0.1, 0.15) is 11.9 Å². The van der Waals surface area contributed by atoms with E-state index < -0.39 is 0 Å². The largest absolute Gasteiger partial charge is 0.490 e. The van der Waals surface area contributed by atoms with Crippen LogP contribution in [-0.4, -0.2) is 36.8 Å². The Morgan fingerprint density at radius 1 is 1.26 bits per heavy atom. The van der Waals surface area contributed by atoms with Gasteiger partial charge in [-0.1, -0.05) is 17.7 Å². The van der Waals surface area contributed by atoms with Gasteiger partial charge in [0.2, 0.25) is 0 Å². The van der Waals surface area contributed by atoms with E-state index in [4.69, 9.17) is 9.47 Å². The zero-order valence-electron chi connectivity index (χ0n) is 11.6. The summed E-state index contributed by atoms with van der Waals surface area (Å²) in [4.78, 5) is 13.3. The first-order valence-electron chi connectivity index (χ1n) is 6.84. The Hall–Kier alpha value is -1.71. The highest BCUT2D eigenvalue weighted by atomic mass is 16.6. The number of hydrogen-bond acceptors (Lipinski definition) is 3. The zero-order chi connectivity index (χ0) is 13.7. The molecule has 0 bridgehead atoms. The summed E-state index contributed by atoms with van der Waals surface area (Å²) in [5.74, 6) is 0.903. The van der Waals surface area contributed by atoms with Crippen molar-refractivity contribution in [2.75, 3.05) is 19.7 Å².